The summed E-state index contributed by atoms with van der Waals surface area (Å²) in [6, 6.07) is 10.4. The molecule has 0 bridgehead atoms. The van der Waals surface area contributed by atoms with E-state index in [-0.39, 0.29) is 16.8 Å². The zero-order chi connectivity index (χ0) is 15.6. The quantitative estimate of drug-likeness (QED) is 0.863. The van der Waals surface area contributed by atoms with Crippen LogP contribution in [0.5, 0.6) is 0 Å². The second-order valence-electron chi connectivity index (χ2n) is 4.60. The van der Waals surface area contributed by atoms with Crippen LogP contribution < -0.4 is 10.5 Å². The number of hydrogen-bond acceptors (Lipinski definition) is 3. The van der Waals surface area contributed by atoms with Gasteiger partial charge in [-0.05, 0) is 49.4 Å². The van der Waals surface area contributed by atoms with Crippen LogP contribution in [0.3, 0.4) is 0 Å². The van der Waals surface area contributed by atoms with Gasteiger partial charge in [-0.2, -0.15) is 0 Å². The van der Waals surface area contributed by atoms with Crippen molar-refractivity contribution in [2.24, 2.45) is 5.14 Å². The van der Waals surface area contributed by atoms with E-state index >= 15 is 0 Å². The summed E-state index contributed by atoms with van der Waals surface area (Å²) in [4.78, 5) is 0.0364. The predicted molar refractivity (Wildman–Crippen MR) is 84.0 cm³/mol. The number of primary sulfonamides is 1. The molecule has 2 aromatic rings. The molecule has 3 N–H and O–H groups in total. The van der Waals surface area contributed by atoms with Crippen molar-refractivity contribution < 1.29 is 12.8 Å². The van der Waals surface area contributed by atoms with Crippen LogP contribution in [0.1, 0.15) is 18.5 Å². The van der Waals surface area contributed by atoms with E-state index in [1.165, 1.54) is 18.2 Å². The molecule has 0 radical (unpaired) electrons. The topological polar surface area (TPSA) is 72.2 Å². The smallest absolute Gasteiger partial charge is 0.238 e. The third kappa shape index (κ3) is 4.03. The van der Waals surface area contributed by atoms with Gasteiger partial charge in [0.1, 0.15) is 5.82 Å². The number of rotatable bonds is 4. The third-order valence-electron chi connectivity index (χ3n) is 2.99. The molecule has 0 spiro atoms. The Balaban J connectivity index is 2.20. The van der Waals surface area contributed by atoms with Crippen LogP contribution in [0.4, 0.5) is 10.1 Å². The molecule has 4 nitrogen and oxygen atoms in total. The first kappa shape index (κ1) is 15.9. The van der Waals surface area contributed by atoms with Gasteiger partial charge >= 0.3 is 0 Å². The second kappa shape index (κ2) is 6.13. The van der Waals surface area contributed by atoms with Crippen LogP contribution in [-0.2, 0) is 10.0 Å². The maximum Gasteiger partial charge on any atom is 0.238 e. The largest absolute Gasteiger partial charge is 0.378 e. The van der Waals surface area contributed by atoms with Crippen molar-refractivity contribution in [3.8, 4) is 0 Å². The zero-order valence-corrected chi connectivity index (χ0v) is 13.6. The summed E-state index contributed by atoms with van der Waals surface area (Å²) in [5.41, 5.74) is 1.19. The van der Waals surface area contributed by atoms with Gasteiger partial charge in [0.15, 0.2) is 0 Å². The van der Waals surface area contributed by atoms with Gasteiger partial charge in [0.25, 0.3) is 0 Å². The Kier molecular flexibility index (Phi) is 4.65. The lowest BCUT2D eigenvalue weighted by molar-refractivity contribution is 0.598. The minimum atomic E-state index is -3.71. The molecule has 2 aromatic carbocycles. The van der Waals surface area contributed by atoms with E-state index in [1.807, 2.05) is 6.92 Å². The zero-order valence-electron chi connectivity index (χ0n) is 11.2. The number of nitrogens with two attached hydrogens (primary N) is 1. The average molecular weight is 373 g/mol. The number of hydrogen-bond donors (Lipinski definition) is 2. The minimum absolute atomic E-state index is 0.0364. The molecule has 1 atom stereocenters. The van der Waals surface area contributed by atoms with Crippen molar-refractivity contribution in [3.05, 3.63) is 58.3 Å². The molecule has 0 saturated carbocycles. The van der Waals surface area contributed by atoms with Crippen molar-refractivity contribution in [2.75, 3.05) is 5.32 Å². The number of halogens is 2. The van der Waals surface area contributed by atoms with E-state index in [2.05, 4.69) is 21.2 Å². The highest BCUT2D eigenvalue weighted by atomic mass is 79.9. The van der Waals surface area contributed by atoms with Crippen molar-refractivity contribution in [3.63, 3.8) is 0 Å². The number of benzene rings is 2. The van der Waals surface area contributed by atoms with E-state index in [1.54, 1.807) is 24.3 Å². The molecule has 0 heterocycles. The normalized spacial score (nSPS) is 13.0. The Morgan fingerprint density at radius 2 is 1.81 bits per heavy atom. The number of anilines is 1. The third-order valence-corrected chi connectivity index (χ3v) is 4.41. The summed E-state index contributed by atoms with van der Waals surface area (Å²) in [7, 11) is -3.71. The lowest BCUT2D eigenvalue weighted by Crippen LogP contribution is -2.12. The highest BCUT2D eigenvalue weighted by Crippen LogP contribution is 2.25. The molecule has 0 aliphatic heterocycles. The second-order valence-corrected chi connectivity index (χ2v) is 7.08. The lowest BCUT2D eigenvalue weighted by atomic mass is 10.1. The molecule has 1 unspecified atom stereocenters. The Morgan fingerprint density at radius 1 is 1.19 bits per heavy atom. The first-order chi connectivity index (χ1) is 9.77. The van der Waals surface area contributed by atoms with Crippen molar-refractivity contribution in [1.82, 2.24) is 0 Å². The van der Waals surface area contributed by atoms with Gasteiger partial charge in [-0.3, -0.25) is 0 Å². The van der Waals surface area contributed by atoms with Crippen LogP contribution in [0.2, 0.25) is 0 Å². The summed E-state index contributed by atoms with van der Waals surface area (Å²) in [6.07, 6.45) is 0. The van der Waals surface area contributed by atoms with Gasteiger partial charge in [-0.1, -0.05) is 15.9 Å². The summed E-state index contributed by atoms with van der Waals surface area (Å²) < 4.78 is 36.9. The fourth-order valence-electron chi connectivity index (χ4n) is 1.92. The molecule has 2 rings (SSSR count). The molecule has 0 fully saturated rings. The molecule has 0 aliphatic carbocycles. The average Bonchev–Trinajstić information content (AvgIpc) is 2.41. The summed E-state index contributed by atoms with van der Waals surface area (Å²) in [6.45, 7) is 1.82. The Hall–Kier alpha value is -1.44. The van der Waals surface area contributed by atoms with Gasteiger partial charge in [0, 0.05) is 15.7 Å². The van der Waals surface area contributed by atoms with E-state index in [4.69, 9.17) is 5.14 Å². The maximum absolute atomic E-state index is 13.8. The predicted octanol–water partition coefficient (Wildman–Crippen LogP) is 3.41. The maximum atomic E-state index is 13.8. The van der Waals surface area contributed by atoms with Gasteiger partial charge in [0.05, 0.1) is 10.9 Å². The summed E-state index contributed by atoms with van der Waals surface area (Å²) in [5, 5.41) is 8.14. The Labute approximate surface area is 131 Å². The van der Waals surface area contributed by atoms with E-state index in [0.29, 0.717) is 11.3 Å². The summed E-state index contributed by atoms with van der Waals surface area (Å²) in [5.74, 6) is -0.306. The SMILES string of the molecule is CC(Nc1ccc(S(N)(=O)=O)cc1)c1cc(Br)ccc1F. The monoisotopic (exact) mass is 372 g/mol. The Morgan fingerprint density at radius 3 is 2.38 bits per heavy atom. The van der Waals surface area contributed by atoms with Crippen LogP contribution in [0.25, 0.3) is 0 Å². The van der Waals surface area contributed by atoms with Crippen molar-refractivity contribution in [1.29, 1.82) is 0 Å². The molecule has 112 valence electrons. The fourth-order valence-corrected chi connectivity index (χ4v) is 2.81. The van der Waals surface area contributed by atoms with Gasteiger partial charge < -0.3 is 5.32 Å². The molecule has 21 heavy (non-hydrogen) atoms. The lowest BCUT2D eigenvalue weighted by Gasteiger charge is -2.17. The molecule has 7 heteroatoms. The van der Waals surface area contributed by atoms with E-state index in [9.17, 15) is 12.8 Å². The van der Waals surface area contributed by atoms with Gasteiger partial charge in [-0.25, -0.2) is 17.9 Å². The van der Waals surface area contributed by atoms with Crippen LogP contribution in [0.15, 0.2) is 51.8 Å². The van der Waals surface area contributed by atoms with E-state index < -0.39 is 10.0 Å². The molecule has 0 aromatic heterocycles. The highest BCUT2D eigenvalue weighted by molar-refractivity contribution is 9.10. The van der Waals surface area contributed by atoms with Crippen molar-refractivity contribution >= 4 is 31.6 Å². The minimum Gasteiger partial charge on any atom is -0.378 e. The van der Waals surface area contributed by atoms with Crippen LogP contribution >= 0.6 is 15.9 Å². The van der Waals surface area contributed by atoms with E-state index in [0.717, 1.165) is 4.47 Å². The fraction of sp³-hybridized carbons (Fsp3) is 0.143. The molecule has 0 aliphatic rings. The van der Waals surface area contributed by atoms with Crippen LogP contribution in [-0.4, -0.2) is 8.42 Å². The van der Waals surface area contributed by atoms with Gasteiger partial charge in [-0.15, -0.1) is 0 Å². The number of sulfonamides is 1. The standard InChI is InChI=1S/C14H14BrFN2O2S/c1-9(13-8-10(15)2-7-14(13)16)18-11-3-5-12(6-4-11)21(17,19)20/h2-9,18H,1H3,(H2,17,19,20). The summed E-state index contributed by atoms with van der Waals surface area (Å²) >= 11 is 3.31. The molecule has 0 saturated heterocycles. The molecular formula is C14H14BrFN2O2S. The van der Waals surface area contributed by atoms with Crippen molar-refractivity contribution in [2.45, 2.75) is 17.9 Å². The molecular weight excluding hydrogens is 359 g/mol. The Bertz CT molecular complexity index is 748. The van der Waals surface area contributed by atoms with Gasteiger partial charge in [0.2, 0.25) is 10.0 Å². The highest BCUT2D eigenvalue weighted by Gasteiger charge is 2.12. The van der Waals surface area contributed by atoms with Crippen LogP contribution in [0, 0.1) is 5.82 Å². The first-order valence-corrected chi connectivity index (χ1v) is 8.45. The molecule has 0 amide bonds. The first-order valence-electron chi connectivity index (χ1n) is 6.12. The number of nitrogens with one attached hydrogen (secondary N) is 1.